The van der Waals surface area contributed by atoms with Gasteiger partial charge in [-0.25, -0.2) is 9.97 Å². The average Bonchev–Trinajstić information content (AvgIpc) is 3.20. The van der Waals surface area contributed by atoms with Crippen LogP contribution >= 0.6 is 11.3 Å². The predicted molar refractivity (Wildman–Crippen MR) is 76.6 cm³/mol. The number of hydrogen-bond donors (Lipinski definition) is 0. The molecule has 0 amide bonds. The van der Waals surface area contributed by atoms with Crippen molar-refractivity contribution in [2.75, 3.05) is 0 Å². The van der Waals surface area contributed by atoms with Gasteiger partial charge in [0.2, 0.25) is 0 Å². The van der Waals surface area contributed by atoms with E-state index in [1.165, 1.54) is 11.3 Å². The smallest absolute Gasteiger partial charge is 0.179 e. The summed E-state index contributed by atoms with van der Waals surface area (Å²) in [4.78, 5) is 21.5. The van der Waals surface area contributed by atoms with Gasteiger partial charge in [0.1, 0.15) is 0 Å². The van der Waals surface area contributed by atoms with Crippen LogP contribution in [-0.4, -0.2) is 24.9 Å². The summed E-state index contributed by atoms with van der Waals surface area (Å²) < 4.78 is 3.88. The number of carbonyl (C=O) groups excluding carboxylic acids is 1. The number of nitrogens with zero attached hydrogens (tertiary/aromatic N) is 4. The fourth-order valence-corrected chi connectivity index (χ4v) is 2.89. The standard InChI is InChI=1S/C14H14N4OS/c19-14(13-2-1-7-20-13)12(8-17-5-3-15-10-17)9-18-6-4-16-11-18/h1-7,10-12H,8-9H2. The van der Waals surface area contributed by atoms with Gasteiger partial charge in [-0.1, -0.05) is 6.07 Å². The molecule has 102 valence electrons. The number of rotatable bonds is 6. The zero-order valence-corrected chi connectivity index (χ0v) is 11.6. The van der Waals surface area contributed by atoms with E-state index in [4.69, 9.17) is 0 Å². The third-order valence-electron chi connectivity index (χ3n) is 3.12. The lowest BCUT2D eigenvalue weighted by molar-refractivity contribution is 0.0896. The third-order valence-corrected chi connectivity index (χ3v) is 4.00. The largest absolute Gasteiger partial charge is 0.337 e. The predicted octanol–water partition coefficient (Wildman–Crippen LogP) is 2.34. The molecule has 3 aromatic rings. The maximum absolute atomic E-state index is 12.6. The van der Waals surface area contributed by atoms with Crippen molar-refractivity contribution in [2.45, 2.75) is 13.1 Å². The van der Waals surface area contributed by atoms with Crippen molar-refractivity contribution in [3.8, 4) is 0 Å². The van der Waals surface area contributed by atoms with E-state index in [1.807, 2.05) is 39.0 Å². The van der Waals surface area contributed by atoms with Crippen molar-refractivity contribution in [2.24, 2.45) is 5.92 Å². The fraction of sp³-hybridized carbons (Fsp3) is 0.214. The average molecular weight is 286 g/mol. The van der Waals surface area contributed by atoms with E-state index in [0.29, 0.717) is 13.1 Å². The summed E-state index contributed by atoms with van der Waals surface area (Å²) in [5, 5.41) is 1.93. The minimum absolute atomic E-state index is 0.128. The lowest BCUT2D eigenvalue weighted by Gasteiger charge is -2.16. The molecule has 0 aliphatic rings. The first-order valence-corrected chi connectivity index (χ1v) is 7.20. The molecule has 0 radical (unpaired) electrons. The molecule has 0 aromatic carbocycles. The number of hydrogen-bond acceptors (Lipinski definition) is 4. The zero-order valence-electron chi connectivity index (χ0n) is 10.8. The molecule has 0 N–H and O–H groups in total. The Labute approximate surface area is 120 Å². The number of ketones is 1. The summed E-state index contributed by atoms with van der Waals surface area (Å²) >= 11 is 1.49. The zero-order chi connectivity index (χ0) is 13.8. The van der Waals surface area contributed by atoms with Gasteiger partial charge in [-0.05, 0) is 11.4 Å². The van der Waals surface area contributed by atoms with Gasteiger partial charge < -0.3 is 9.13 Å². The summed E-state index contributed by atoms with van der Waals surface area (Å²) in [5.41, 5.74) is 0. The molecule has 0 atom stereocenters. The summed E-state index contributed by atoms with van der Waals surface area (Å²) in [6.07, 6.45) is 10.7. The number of aromatic nitrogens is 4. The molecular formula is C14H14N4OS. The second-order valence-electron chi connectivity index (χ2n) is 4.56. The van der Waals surface area contributed by atoms with Gasteiger partial charge in [0.25, 0.3) is 0 Å². The number of carbonyl (C=O) groups is 1. The molecule has 5 nitrogen and oxygen atoms in total. The van der Waals surface area contributed by atoms with E-state index in [0.717, 1.165) is 4.88 Å². The molecular weight excluding hydrogens is 272 g/mol. The highest BCUT2D eigenvalue weighted by molar-refractivity contribution is 7.12. The normalized spacial score (nSPS) is 11.1. The number of thiophene rings is 1. The van der Waals surface area contributed by atoms with Gasteiger partial charge in [0.05, 0.1) is 23.4 Å². The molecule has 0 unspecified atom stereocenters. The topological polar surface area (TPSA) is 52.7 Å². The monoisotopic (exact) mass is 286 g/mol. The molecule has 0 aliphatic carbocycles. The lowest BCUT2D eigenvalue weighted by Crippen LogP contribution is -2.24. The molecule has 0 aliphatic heterocycles. The number of imidazole rings is 2. The molecule has 20 heavy (non-hydrogen) atoms. The number of Topliss-reactive ketones (excluding diaryl/α,β-unsaturated/α-hetero) is 1. The Morgan fingerprint density at radius 2 is 1.80 bits per heavy atom. The Hall–Kier alpha value is -2.21. The summed E-state index contributed by atoms with van der Waals surface area (Å²) in [5.74, 6) is 0.0412. The van der Waals surface area contributed by atoms with E-state index in [1.54, 1.807) is 25.0 Å². The Kier molecular flexibility index (Phi) is 3.73. The van der Waals surface area contributed by atoms with E-state index in [-0.39, 0.29) is 11.7 Å². The van der Waals surface area contributed by atoms with Crippen molar-refractivity contribution >= 4 is 17.1 Å². The molecule has 6 heteroatoms. The maximum Gasteiger partial charge on any atom is 0.179 e. The first kappa shape index (κ1) is 12.8. The first-order valence-electron chi connectivity index (χ1n) is 6.32. The quantitative estimate of drug-likeness (QED) is 0.654. The Balaban J connectivity index is 1.81. The Morgan fingerprint density at radius 1 is 1.15 bits per heavy atom. The van der Waals surface area contributed by atoms with Crippen LogP contribution in [0.15, 0.2) is 55.0 Å². The van der Waals surface area contributed by atoms with Gasteiger partial charge in [0.15, 0.2) is 5.78 Å². The van der Waals surface area contributed by atoms with E-state index in [2.05, 4.69) is 9.97 Å². The highest BCUT2D eigenvalue weighted by Crippen LogP contribution is 2.18. The van der Waals surface area contributed by atoms with Gasteiger partial charge >= 0.3 is 0 Å². The minimum Gasteiger partial charge on any atom is -0.337 e. The second kappa shape index (κ2) is 5.83. The molecule has 0 saturated heterocycles. The van der Waals surface area contributed by atoms with Crippen molar-refractivity contribution in [3.05, 3.63) is 59.8 Å². The van der Waals surface area contributed by atoms with Gasteiger partial charge in [-0.3, -0.25) is 4.79 Å². The summed E-state index contributed by atoms with van der Waals surface area (Å²) in [6.45, 7) is 1.24. The van der Waals surface area contributed by atoms with E-state index >= 15 is 0 Å². The van der Waals surface area contributed by atoms with Crippen LogP contribution in [-0.2, 0) is 13.1 Å². The SMILES string of the molecule is O=C(c1cccs1)C(Cn1ccnc1)Cn1ccnc1. The first-order chi connectivity index (χ1) is 9.83. The van der Waals surface area contributed by atoms with Gasteiger partial charge in [-0.2, -0.15) is 0 Å². The van der Waals surface area contributed by atoms with Crippen molar-refractivity contribution in [1.82, 2.24) is 19.1 Å². The summed E-state index contributed by atoms with van der Waals surface area (Å²) in [7, 11) is 0. The highest BCUT2D eigenvalue weighted by Gasteiger charge is 2.21. The van der Waals surface area contributed by atoms with Gasteiger partial charge in [0, 0.05) is 37.9 Å². The highest BCUT2D eigenvalue weighted by atomic mass is 32.1. The van der Waals surface area contributed by atoms with E-state index < -0.39 is 0 Å². The maximum atomic E-state index is 12.6. The molecule has 0 spiro atoms. The third kappa shape index (κ3) is 2.85. The van der Waals surface area contributed by atoms with Crippen LogP contribution in [0, 0.1) is 5.92 Å². The molecule has 0 fully saturated rings. The Bertz CT molecular complexity index is 607. The molecule has 0 saturated carbocycles. The second-order valence-corrected chi connectivity index (χ2v) is 5.51. The van der Waals surface area contributed by atoms with Crippen LogP contribution in [0.3, 0.4) is 0 Å². The van der Waals surface area contributed by atoms with Crippen LogP contribution in [0.2, 0.25) is 0 Å². The summed E-state index contributed by atoms with van der Waals surface area (Å²) in [6, 6.07) is 3.78. The van der Waals surface area contributed by atoms with Crippen LogP contribution in [0.1, 0.15) is 9.67 Å². The molecule has 0 bridgehead atoms. The van der Waals surface area contributed by atoms with Crippen LogP contribution < -0.4 is 0 Å². The van der Waals surface area contributed by atoms with Crippen molar-refractivity contribution in [3.63, 3.8) is 0 Å². The van der Waals surface area contributed by atoms with Crippen LogP contribution in [0.5, 0.6) is 0 Å². The van der Waals surface area contributed by atoms with Crippen molar-refractivity contribution < 1.29 is 4.79 Å². The lowest BCUT2D eigenvalue weighted by atomic mass is 10.0. The van der Waals surface area contributed by atoms with Crippen LogP contribution in [0.25, 0.3) is 0 Å². The van der Waals surface area contributed by atoms with Crippen LogP contribution in [0.4, 0.5) is 0 Å². The molecule has 3 rings (SSSR count). The molecule has 3 heterocycles. The fourth-order valence-electron chi connectivity index (χ4n) is 2.14. The van der Waals surface area contributed by atoms with Gasteiger partial charge in [-0.15, -0.1) is 11.3 Å². The Morgan fingerprint density at radius 3 is 2.25 bits per heavy atom. The van der Waals surface area contributed by atoms with E-state index in [9.17, 15) is 4.79 Å². The minimum atomic E-state index is -0.128. The van der Waals surface area contributed by atoms with Crippen molar-refractivity contribution in [1.29, 1.82) is 0 Å². The molecule has 3 aromatic heterocycles.